The summed E-state index contributed by atoms with van der Waals surface area (Å²) in [7, 11) is 1.81. The third-order valence-corrected chi connectivity index (χ3v) is 3.07. The Morgan fingerprint density at radius 1 is 1.21 bits per heavy atom. The molecule has 0 aromatic carbocycles. The summed E-state index contributed by atoms with van der Waals surface area (Å²) in [6.07, 6.45) is 5.12. The third-order valence-electron chi connectivity index (χ3n) is 3.07. The van der Waals surface area contributed by atoms with E-state index in [1.54, 1.807) is 0 Å². The van der Waals surface area contributed by atoms with Gasteiger partial charge in [0.2, 0.25) is 0 Å². The predicted molar refractivity (Wildman–Crippen MR) is 94.6 cm³/mol. The summed E-state index contributed by atoms with van der Waals surface area (Å²) in [5.41, 5.74) is 0. The number of aliphatic imine (C=N–C) groups is 1. The molecule has 0 rings (SSSR count). The van der Waals surface area contributed by atoms with Crippen molar-refractivity contribution in [2.24, 2.45) is 10.9 Å². The molecule has 5 heteroatoms. The zero-order valence-corrected chi connectivity index (χ0v) is 15.3. The van der Waals surface area contributed by atoms with Gasteiger partial charge in [-0.25, -0.2) is 0 Å². The summed E-state index contributed by atoms with van der Waals surface area (Å²) in [5, 5.41) is 6.64. The zero-order chi connectivity index (χ0) is 13.6. The van der Waals surface area contributed by atoms with Gasteiger partial charge in [0.1, 0.15) is 0 Å². The molecule has 0 aliphatic carbocycles. The highest BCUT2D eigenvalue weighted by Gasteiger charge is 2.06. The number of hydrogen-bond acceptors (Lipinski definition) is 2. The van der Waals surface area contributed by atoms with Gasteiger partial charge in [-0.3, -0.25) is 4.99 Å². The summed E-state index contributed by atoms with van der Waals surface area (Å²) in [6.45, 7) is 9.81. The molecule has 0 radical (unpaired) electrons. The van der Waals surface area contributed by atoms with Gasteiger partial charge in [-0.15, -0.1) is 24.0 Å². The van der Waals surface area contributed by atoms with Gasteiger partial charge >= 0.3 is 0 Å². The third kappa shape index (κ3) is 12.7. The fraction of sp³-hybridized carbons (Fsp3) is 0.929. The van der Waals surface area contributed by atoms with E-state index in [0.29, 0.717) is 0 Å². The highest BCUT2D eigenvalue weighted by atomic mass is 127. The van der Waals surface area contributed by atoms with Gasteiger partial charge in [0.15, 0.2) is 5.96 Å². The van der Waals surface area contributed by atoms with E-state index in [-0.39, 0.29) is 24.0 Å². The van der Waals surface area contributed by atoms with Crippen molar-refractivity contribution in [1.29, 1.82) is 0 Å². The van der Waals surface area contributed by atoms with Crippen LogP contribution in [0.15, 0.2) is 4.99 Å². The van der Waals surface area contributed by atoms with E-state index in [2.05, 4.69) is 29.5 Å². The molecule has 116 valence electrons. The van der Waals surface area contributed by atoms with Crippen LogP contribution in [-0.4, -0.2) is 39.3 Å². The van der Waals surface area contributed by atoms with E-state index >= 15 is 0 Å². The van der Waals surface area contributed by atoms with E-state index in [9.17, 15) is 0 Å². The van der Waals surface area contributed by atoms with Gasteiger partial charge in [0, 0.05) is 26.7 Å². The Morgan fingerprint density at radius 2 is 1.95 bits per heavy atom. The van der Waals surface area contributed by atoms with Crippen molar-refractivity contribution in [1.82, 2.24) is 10.6 Å². The number of hydrogen-bond donors (Lipinski definition) is 2. The lowest BCUT2D eigenvalue weighted by atomic mass is 9.99. The van der Waals surface area contributed by atoms with E-state index < -0.39 is 0 Å². The maximum absolute atomic E-state index is 5.28. The monoisotopic (exact) mass is 385 g/mol. The van der Waals surface area contributed by atoms with Crippen molar-refractivity contribution >= 4 is 29.9 Å². The lowest BCUT2D eigenvalue weighted by Crippen LogP contribution is -2.41. The van der Waals surface area contributed by atoms with Crippen LogP contribution in [-0.2, 0) is 4.74 Å². The molecule has 0 amide bonds. The van der Waals surface area contributed by atoms with E-state index in [1.807, 2.05) is 14.0 Å². The predicted octanol–water partition coefficient (Wildman–Crippen LogP) is 3.02. The van der Waals surface area contributed by atoms with Crippen LogP contribution in [0.4, 0.5) is 0 Å². The SMILES string of the molecule is CCCCC(CC)CNC(=NC)NCCOCC.I. The number of nitrogens with zero attached hydrogens (tertiary/aromatic N) is 1. The number of ether oxygens (including phenoxy) is 1. The highest BCUT2D eigenvalue weighted by molar-refractivity contribution is 14.0. The van der Waals surface area contributed by atoms with Gasteiger partial charge in [0.05, 0.1) is 6.61 Å². The van der Waals surface area contributed by atoms with Crippen molar-refractivity contribution in [3.05, 3.63) is 0 Å². The largest absolute Gasteiger partial charge is 0.380 e. The van der Waals surface area contributed by atoms with Crippen LogP contribution in [0.5, 0.6) is 0 Å². The minimum absolute atomic E-state index is 0. The zero-order valence-electron chi connectivity index (χ0n) is 13.0. The van der Waals surface area contributed by atoms with Crippen LogP contribution in [0, 0.1) is 5.92 Å². The maximum atomic E-state index is 5.28. The molecule has 4 nitrogen and oxygen atoms in total. The molecular formula is C14H32IN3O. The molecule has 0 saturated heterocycles. The number of rotatable bonds is 10. The smallest absolute Gasteiger partial charge is 0.191 e. The van der Waals surface area contributed by atoms with Crippen molar-refractivity contribution in [3.63, 3.8) is 0 Å². The van der Waals surface area contributed by atoms with Crippen LogP contribution in [0.1, 0.15) is 46.5 Å². The molecule has 1 unspecified atom stereocenters. The van der Waals surface area contributed by atoms with E-state index in [4.69, 9.17) is 4.74 Å². The minimum atomic E-state index is 0. The second-order valence-corrected chi connectivity index (χ2v) is 4.49. The molecule has 0 aromatic heterocycles. The van der Waals surface area contributed by atoms with Gasteiger partial charge in [-0.1, -0.05) is 33.1 Å². The molecule has 0 aliphatic heterocycles. The number of halogens is 1. The van der Waals surface area contributed by atoms with E-state index in [0.717, 1.165) is 38.2 Å². The number of unbranched alkanes of at least 4 members (excludes halogenated alkanes) is 1. The average molecular weight is 385 g/mol. The minimum Gasteiger partial charge on any atom is -0.380 e. The second-order valence-electron chi connectivity index (χ2n) is 4.49. The molecule has 0 bridgehead atoms. The molecule has 0 fully saturated rings. The van der Waals surface area contributed by atoms with Crippen LogP contribution in [0.2, 0.25) is 0 Å². The normalized spacial score (nSPS) is 12.7. The van der Waals surface area contributed by atoms with Crippen LogP contribution in [0.25, 0.3) is 0 Å². The Kier molecular flexibility index (Phi) is 17.9. The first-order valence-electron chi connectivity index (χ1n) is 7.30. The molecule has 19 heavy (non-hydrogen) atoms. The lowest BCUT2D eigenvalue weighted by molar-refractivity contribution is 0.152. The molecule has 0 spiro atoms. The molecule has 0 aliphatic rings. The van der Waals surface area contributed by atoms with Gasteiger partial charge in [-0.2, -0.15) is 0 Å². The molecular weight excluding hydrogens is 353 g/mol. The molecule has 0 aromatic rings. The molecule has 0 heterocycles. The highest BCUT2D eigenvalue weighted by Crippen LogP contribution is 2.10. The maximum Gasteiger partial charge on any atom is 0.191 e. The molecule has 1 atom stereocenters. The van der Waals surface area contributed by atoms with Gasteiger partial charge in [0.25, 0.3) is 0 Å². The van der Waals surface area contributed by atoms with Crippen molar-refractivity contribution < 1.29 is 4.74 Å². The quantitative estimate of drug-likeness (QED) is 0.263. The Labute approximate surface area is 136 Å². The van der Waals surface area contributed by atoms with Crippen molar-refractivity contribution in [2.75, 3.05) is 33.4 Å². The van der Waals surface area contributed by atoms with E-state index in [1.165, 1.54) is 25.7 Å². The average Bonchev–Trinajstić information content (AvgIpc) is 2.41. The lowest BCUT2D eigenvalue weighted by Gasteiger charge is -2.17. The second kappa shape index (κ2) is 16.0. The summed E-state index contributed by atoms with van der Waals surface area (Å²) in [6, 6.07) is 0. The van der Waals surface area contributed by atoms with Crippen molar-refractivity contribution in [2.45, 2.75) is 46.5 Å². The summed E-state index contributed by atoms with van der Waals surface area (Å²) < 4.78 is 5.28. The summed E-state index contributed by atoms with van der Waals surface area (Å²) in [5.74, 6) is 1.63. The standard InChI is InChI=1S/C14H31N3O.HI/c1-5-8-9-13(6-2)12-17-14(15-4)16-10-11-18-7-3;/h13H,5-12H2,1-4H3,(H2,15,16,17);1H. The number of guanidine groups is 1. The summed E-state index contributed by atoms with van der Waals surface area (Å²) in [4.78, 5) is 4.21. The Hall–Kier alpha value is -0.0400. The van der Waals surface area contributed by atoms with Crippen molar-refractivity contribution in [3.8, 4) is 0 Å². The Bertz CT molecular complexity index is 213. The number of nitrogens with one attached hydrogen (secondary N) is 2. The van der Waals surface area contributed by atoms with Crippen LogP contribution < -0.4 is 10.6 Å². The molecule has 0 saturated carbocycles. The van der Waals surface area contributed by atoms with Crippen LogP contribution >= 0.6 is 24.0 Å². The fourth-order valence-corrected chi connectivity index (χ4v) is 1.79. The van der Waals surface area contributed by atoms with Crippen LogP contribution in [0.3, 0.4) is 0 Å². The fourth-order valence-electron chi connectivity index (χ4n) is 1.79. The van der Waals surface area contributed by atoms with Gasteiger partial charge < -0.3 is 15.4 Å². The molecule has 2 N–H and O–H groups in total. The first-order valence-corrected chi connectivity index (χ1v) is 7.30. The topological polar surface area (TPSA) is 45.7 Å². The summed E-state index contributed by atoms with van der Waals surface area (Å²) >= 11 is 0. The Balaban J connectivity index is 0. The first-order chi connectivity index (χ1) is 8.78. The Morgan fingerprint density at radius 3 is 2.47 bits per heavy atom. The first kappa shape index (κ1) is 21.3. The van der Waals surface area contributed by atoms with Gasteiger partial charge in [-0.05, 0) is 19.3 Å².